The maximum absolute atomic E-state index is 13.3. The smallest absolute Gasteiger partial charge is 0.327 e. The van der Waals surface area contributed by atoms with Crippen molar-refractivity contribution in [2.24, 2.45) is 46.3 Å². The predicted molar refractivity (Wildman–Crippen MR) is 145 cm³/mol. The average Bonchev–Trinajstić information content (AvgIpc) is 2.82. The zero-order valence-corrected chi connectivity index (χ0v) is 23.5. The van der Waals surface area contributed by atoms with E-state index in [1.807, 2.05) is 0 Å². The summed E-state index contributed by atoms with van der Waals surface area (Å²) >= 11 is 0. The molecule has 2 amide bonds. The van der Waals surface area contributed by atoms with Gasteiger partial charge in [0.15, 0.2) is 0 Å². The molecule has 0 aliphatic heterocycles. The third-order valence-corrected chi connectivity index (χ3v) is 13.2. The Bertz CT molecular complexity index is 853. The molecule has 2 atom stereocenters. The van der Waals surface area contributed by atoms with Gasteiger partial charge in [-0.2, -0.15) is 0 Å². The Balaban J connectivity index is 0.996. The molecule has 0 aromatic carbocycles. The summed E-state index contributed by atoms with van der Waals surface area (Å²) in [5, 5.41) is 25.2. The SMILES string of the molecule is O=C(O)[C@H](CSSC[C@H](NC(=O)C12CC3CC(CC(C3)C1)C2)C(=O)O)NC(=O)C12CC3CC(CC(C3)C1)C2. The highest BCUT2D eigenvalue weighted by Crippen LogP contribution is 2.61. The zero-order chi connectivity index (χ0) is 26.7. The van der Waals surface area contributed by atoms with Crippen LogP contribution in [-0.4, -0.2) is 57.6 Å². The van der Waals surface area contributed by atoms with Crippen LogP contribution in [0.4, 0.5) is 0 Å². The molecular weight excluding hydrogens is 524 g/mol. The molecule has 0 heterocycles. The molecule has 8 bridgehead atoms. The van der Waals surface area contributed by atoms with Gasteiger partial charge in [0.1, 0.15) is 12.1 Å². The van der Waals surface area contributed by atoms with Gasteiger partial charge in [-0.3, -0.25) is 9.59 Å². The van der Waals surface area contributed by atoms with Crippen LogP contribution in [0.15, 0.2) is 0 Å². The Morgan fingerprint density at radius 3 is 1.08 bits per heavy atom. The van der Waals surface area contributed by atoms with Gasteiger partial charge in [0.25, 0.3) is 0 Å². The Labute approximate surface area is 232 Å². The van der Waals surface area contributed by atoms with Crippen molar-refractivity contribution in [1.82, 2.24) is 10.6 Å². The number of aliphatic carboxylic acids is 2. The van der Waals surface area contributed by atoms with Gasteiger partial charge in [-0.15, -0.1) is 0 Å². The van der Waals surface area contributed by atoms with Crippen molar-refractivity contribution in [3.05, 3.63) is 0 Å². The summed E-state index contributed by atoms with van der Waals surface area (Å²) in [5.41, 5.74) is -0.813. The van der Waals surface area contributed by atoms with Crippen LogP contribution in [0.1, 0.15) is 77.0 Å². The number of rotatable bonds is 11. The Morgan fingerprint density at radius 1 is 0.579 bits per heavy atom. The minimum absolute atomic E-state index is 0.110. The van der Waals surface area contributed by atoms with Crippen LogP contribution < -0.4 is 10.6 Å². The van der Waals surface area contributed by atoms with E-state index in [4.69, 9.17) is 0 Å². The van der Waals surface area contributed by atoms with Gasteiger partial charge in [0, 0.05) is 22.3 Å². The van der Waals surface area contributed by atoms with E-state index in [1.54, 1.807) is 0 Å². The van der Waals surface area contributed by atoms with Crippen LogP contribution in [0.25, 0.3) is 0 Å². The molecule has 8 aliphatic rings. The van der Waals surface area contributed by atoms with E-state index in [0.29, 0.717) is 35.5 Å². The molecule has 210 valence electrons. The molecule has 4 N–H and O–H groups in total. The van der Waals surface area contributed by atoms with Gasteiger partial charge >= 0.3 is 11.9 Å². The minimum Gasteiger partial charge on any atom is -0.480 e. The summed E-state index contributed by atoms with van der Waals surface area (Å²) in [6.45, 7) is 0. The van der Waals surface area contributed by atoms with Crippen LogP contribution in [0.5, 0.6) is 0 Å². The highest BCUT2D eigenvalue weighted by atomic mass is 33.1. The summed E-state index contributed by atoms with van der Waals surface area (Å²) in [6.07, 6.45) is 12.5. The van der Waals surface area contributed by atoms with Crippen molar-refractivity contribution in [3.63, 3.8) is 0 Å². The lowest BCUT2D eigenvalue weighted by atomic mass is 9.49. The van der Waals surface area contributed by atoms with Crippen molar-refractivity contribution in [1.29, 1.82) is 0 Å². The van der Waals surface area contributed by atoms with Gasteiger partial charge in [-0.05, 0) is 113 Å². The molecule has 0 aromatic rings. The number of hydrogen-bond acceptors (Lipinski definition) is 6. The molecule has 0 unspecified atom stereocenters. The van der Waals surface area contributed by atoms with Gasteiger partial charge in [-0.25, -0.2) is 9.59 Å². The van der Waals surface area contributed by atoms with Gasteiger partial charge in [0.05, 0.1) is 0 Å². The quantitative estimate of drug-likeness (QED) is 0.219. The molecule has 0 saturated heterocycles. The van der Waals surface area contributed by atoms with E-state index in [1.165, 1.54) is 60.1 Å². The number of carboxylic acid groups (broad SMARTS) is 2. The summed E-state index contributed by atoms with van der Waals surface area (Å²) in [5.74, 6) is 1.53. The van der Waals surface area contributed by atoms with Gasteiger partial charge < -0.3 is 20.8 Å². The largest absolute Gasteiger partial charge is 0.480 e. The second kappa shape index (κ2) is 10.2. The van der Waals surface area contributed by atoms with Crippen molar-refractivity contribution >= 4 is 45.3 Å². The van der Waals surface area contributed by atoms with Crippen molar-refractivity contribution in [2.75, 3.05) is 11.5 Å². The topological polar surface area (TPSA) is 133 Å². The molecule has 38 heavy (non-hydrogen) atoms. The highest BCUT2D eigenvalue weighted by Gasteiger charge is 2.56. The second-order valence-corrected chi connectivity index (χ2v) is 16.2. The van der Waals surface area contributed by atoms with Crippen LogP contribution in [0.3, 0.4) is 0 Å². The molecule has 8 fully saturated rings. The van der Waals surface area contributed by atoms with Crippen LogP contribution in [0, 0.1) is 46.3 Å². The number of carboxylic acids is 2. The van der Waals surface area contributed by atoms with Crippen molar-refractivity contribution < 1.29 is 29.4 Å². The molecule has 0 spiro atoms. The van der Waals surface area contributed by atoms with E-state index in [2.05, 4.69) is 10.6 Å². The number of carbonyl (C=O) groups is 4. The van der Waals surface area contributed by atoms with E-state index >= 15 is 0 Å². The minimum atomic E-state index is -1.07. The van der Waals surface area contributed by atoms with Gasteiger partial charge in [-0.1, -0.05) is 21.6 Å². The standard InChI is InChI=1S/C28H40N2O6S2/c31-23(32)21(29-25(35)27-7-15-1-16(8-27)3-17(2-15)9-27)13-37-38-14-22(24(33)34)30-26(36)28-10-18-4-19(11-28)6-20(5-18)12-28/h15-22H,1-14H2,(H,29,35)(H,30,36)(H,31,32)(H,33,34)/t15?,16?,17?,18?,19?,20?,21-,22-,27?,28?/m0/s1. The molecule has 0 aromatic heterocycles. The first kappa shape index (κ1) is 26.8. The third-order valence-electron chi connectivity index (χ3n) is 10.8. The van der Waals surface area contributed by atoms with E-state index in [0.717, 1.165) is 38.5 Å². The van der Waals surface area contributed by atoms with E-state index in [9.17, 15) is 29.4 Å². The van der Waals surface area contributed by atoms with E-state index < -0.39 is 34.9 Å². The fourth-order valence-corrected chi connectivity index (χ4v) is 12.3. The summed E-state index contributed by atoms with van der Waals surface area (Å²) < 4.78 is 0. The molecule has 0 radical (unpaired) electrons. The lowest BCUT2D eigenvalue weighted by molar-refractivity contribution is -0.151. The van der Waals surface area contributed by atoms with Crippen LogP contribution in [0.2, 0.25) is 0 Å². The second-order valence-electron chi connectivity index (χ2n) is 13.7. The molecule has 8 nitrogen and oxygen atoms in total. The first-order chi connectivity index (χ1) is 18.1. The molecule has 8 rings (SSSR count). The van der Waals surface area contributed by atoms with Crippen molar-refractivity contribution in [3.8, 4) is 0 Å². The fraction of sp³-hybridized carbons (Fsp3) is 0.857. The molecule has 8 aliphatic carbocycles. The summed E-state index contributed by atoms with van der Waals surface area (Å²) in [4.78, 5) is 50.5. The molecule has 10 heteroatoms. The maximum Gasteiger partial charge on any atom is 0.327 e. The number of carbonyl (C=O) groups excluding carboxylic acids is 2. The Kier molecular flexibility index (Phi) is 7.19. The fourth-order valence-electron chi connectivity index (χ4n) is 9.98. The first-order valence-electron chi connectivity index (χ1n) is 14.4. The Morgan fingerprint density at radius 2 is 0.842 bits per heavy atom. The number of nitrogens with one attached hydrogen (secondary N) is 2. The maximum atomic E-state index is 13.3. The van der Waals surface area contributed by atoms with E-state index in [-0.39, 0.29) is 23.3 Å². The monoisotopic (exact) mass is 564 g/mol. The van der Waals surface area contributed by atoms with Crippen LogP contribution >= 0.6 is 21.6 Å². The average molecular weight is 565 g/mol. The normalized spacial score (nSPS) is 41.5. The molecule has 8 saturated carbocycles. The molecular formula is C28H40N2O6S2. The number of amides is 2. The van der Waals surface area contributed by atoms with Gasteiger partial charge in [0.2, 0.25) is 11.8 Å². The summed E-state index contributed by atoms with van der Waals surface area (Å²) in [6, 6.07) is -2.03. The lowest BCUT2D eigenvalue weighted by Crippen LogP contribution is -2.56. The highest BCUT2D eigenvalue weighted by molar-refractivity contribution is 8.76. The van der Waals surface area contributed by atoms with Crippen LogP contribution in [-0.2, 0) is 19.2 Å². The zero-order valence-electron chi connectivity index (χ0n) is 21.9. The first-order valence-corrected chi connectivity index (χ1v) is 16.9. The van der Waals surface area contributed by atoms with Crippen molar-refractivity contribution in [2.45, 2.75) is 89.1 Å². The Hall–Kier alpha value is -1.42. The predicted octanol–water partition coefficient (Wildman–Crippen LogP) is 3.94. The third kappa shape index (κ3) is 5.08. The lowest BCUT2D eigenvalue weighted by Gasteiger charge is -2.55. The number of hydrogen-bond donors (Lipinski definition) is 4. The summed E-state index contributed by atoms with van der Waals surface area (Å²) in [7, 11) is 2.49.